The Balaban J connectivity index is 2.17. The van der Waals surface area contributed by atoms with Crippen LogP contribution < -0.4 is 5.32 Å². The molecule has 0 fully saturated rings. The standard InChI is InChI=1S/C13H19NOS3/c1-11-5-7-12(8-6-11)17-13(16)14-9-3-4-10-18(2)15/h5-8H,3-4,9-10H2,1-2H3,(H,14,16). The highest BCUT2D eigenvalue weighted by atomic mass is 32.2. The van der Waals surface area contributed by atoms with Crippen molar-refractivity contribution in [1.82, 2.24) is 5.32 Å². The van der Waals surface area contributed by atoms with Crippen molar-refractivity contribution in [3.05, 3.63) is 29.8 Å². The molecule has 0 spiro atoms. The van der Waals surface area contributed by atoms with Gasteiger partial charge in [-0.3, -0.25) is 4.21 Å². The molecule has 0 aliphatic carbocycles. The first-order valence-electron chi connectivity index (χ1n) is 5.90. The van der Waals surface area contributed by atoms with Gasteiger partial charge in [0.15, 0.2) is 0 Å². The molecule has 0 bridgehead atoms. The molecule has 0 aliphatic heterocycles. The third-order valence-corrected chi connectivity index (χ3v) is 4.45. The van der Waals surface area contributed by atoms with Gasteiger partial charge in [0.05, 0.1) is 0 Å². The molecule has 100 valence electrons. The normalized spacial score (nSPS) is 12.1. The molecule has 18 heavy (non-hydrogen) atoms. The predicted molar refractivity (Wildman–Crippen MR) is 85.8 cm³/mol. The summed E-state index contributed by atoms with van der Waals surface area (Å²) in [5.74, 6) is 0.777. The van der Waals surface area contributed by atoms with Crippen LogP contribution in [0.5, 0.6) is 0 Å². The van der Waals surface area contributed by atoms with Crippen molar-refractivity contribution in [3.8, 4) is 0 Å². The Bertz CT molecular complexity index is 403. The van der Waals surface area contributed by atoms with Gasteiger partial charge in [-0.2, -0.15) is 0 Å². The molecule has 1 rings (SSSR count). The zero-order valence-electron chi connectivity index (χ0n) is 10.8. The van der Waals surface area contributed by atoms with Crippen LogP contribution in [-0.2, 0) is 10.8 Å². The topological polar surface area (TPSA) is 29.1 Å². The molecule has 5 heteroatoms. The molecule has 0 saturated carbocycles. The number of benzene rings is 1. The van der Waals surface area contributed by atoms with E-state index in [2.05, 4.69) is 36.5 Å². The first-order chi connectivity index (χ1) is 8.58. The monoisotopic (exact) mass is 301 g/mol. The van der Waals surface area contributed by atoms with Gasteiger partial charge in [-0.05, 0) is 31.9 Å². The van der Waals surface area contributed by atoms with Crippen LogP contribution in [0.2, 0.25) is 0 Å². The Morgan fingerprint density at radius 2 is 2.00 bits per heavy atom. The molecule has 0 aliphatic rings. The van der Waals surface area contributed by atoms with E-state index in [0.29, 0.717) is 0 Å². The summed E-state index contributed by atoms with van der Waals surface area (Å²) in [6, 6.07) is 8.32. The molecule has 0 heterocycles. The Kier molecular flexibility index (Phi) is 7.54. The van der Waals surface area contributed by atoms with E-state index in [1.807, 2.05) is 0 Å². The highest BCUT2D eigenvalue weighted by Gasteiger charge is 1.99. The Hall–Kier alpha value is -0.390. The van der Waals surface area contributed by atoms with Crippen molar-refractivity contribution in [3.63, 3.8) is 0 Å². The van der Waals surface area contributed by atoms with Crippen LogP contribution in [0.4, 0.5) is 0 Å². The average molecular weight is 302 g/mol. The van der Waals surface area contributed by atoms with Gasteiger partial charge in [-0.1, -0.05) is 41.7 Å². The number of thioether (sulfide) groups is 1. The minimum absolute atomic E-state index is 0.679. The van der Waals surface area contributed by atoms with Crippen molar-refractivity contribution in [2.24, 2.45) is 0 Å². The fraction of sp³-hybridized carbons (Fsp3) is 0.462. The number of rotatable bonds is 6. The SMILES string of the molecule is Cc1ccc(SC(=S)NCCCCS(C)=O)cc1. The van der Waals surface area contributed by atoms with E-state index < -0.39 is 10.8 Å². The van der Waals surface area contributed by atoms with Crippen LogP contribution >= 0.6 is 24.0 Å². The zero-order chi connectivity index (χ0) is 13.4. The lowest BCUT2D eigenvalue weighted by Crippen LogP contribution is -2.19. The number of unbranched alkanes of at least 4 members (excludes halogenated alkanes) is 1. The lowest BCUT2D eigenvalue weighted by atomic mass is 10.2. The Labute approximate surface area is 121 Å². The summed E-state index contributed by atoms with van der Waals surface area (Å²) in [6.45, 7) is 2.93. The van der Waals surface area contributed by atoms with Crippen LogP contribution in [0.1, 0.15) is 18.4 Å². The molecule has 0 saturated heterocycles. The number of aryl methyl sites for hydroxylation is 1. The average Bonchev–Trinajstić information content (AvgIpc) is 2.31. The summed E-state index contributed by atoms with van der Waals surface area (Å²) in [4.78, 5) is 1.16. The fourth-order valence-corrected chi connectivity index (χ4v) is 3.03. The second kappa shape index (κ2) is 8.67. The van der Waals surface area contributed by atoms with Crippen LogP contribution in [0.3, 0.4) is 0 Å². The third kappa shape index (κ3) is 7.13. The minimum Gasteiger partial charge on any atom is -0.371 e. The molecule has 0 amide bonds. The summed E-state index contributed by atoms with van der Waals surface area (Å²) in [5, 5.41) is 3.21. The first kappa shape index (κ1) is 15.7. The summed E-state index contributed by atoms with van der Waals surface area (Å²) in [5.41, 5.74) is 1.26. The molecule has 0 aromatic heterocycles. The van der Waals surface area contributed by atoms with Crippen LogP contribution in [0.25, 0.3) is 0 Å². The van der Waals surface area contributed by atoms with E-state index in [0.717, 1.165) is 34.4 Å². The molecule has 2 nitrogen and oxygen atoms in total. The van der Waals surface area contributed by atoms with E-state index in [1.54, 1.807) is 18.0 Å². The molecule has 1 unspecified atom stereocenters. The summed E-state index contributed by atoms with van der Waals surface area (Å²) >= 11 is 6.84. The van der Waals surface area contributed by atoms with E-state index >= 15 is 0 Å². The summed E-state index contributed by atoms with van der Waals surface area (Å²) in [7, 11) is -0.679. The third-order valence-electron chi connectivity index (χ3n) is 2.36. The molecular weight excluding hydrogens is 282 g/mol. The number of hydrogen-bond donors (Lipinski definition) is 1. The van der Waals surface area contributed by atoms with Crippen molar-refractivity contribution in [2.75, 3.05) is 18.6 Å². The van der Waals surface area contributed by atoms with Crippen molar-refractivity contribution in [2.45, 2.75) is 24.7 Å². The van der Waals surface area contributed by atoms with Crippen molar-refractivity contribution in [1.29, 1.82) is 0 Å². The number of thiocarbonyl (C=S) groups is 1. The number of nitrogens with one attached hydrogen (secondary N) is 1. The van der Waals surface area contributed by atoms with E-state index in [-0.39, 0.29) is 0 Å². The Morgan fingerprint density at radius 3 is 2.61 bits per heavy atom. The fourth-order valence-electron chi connectivity index (χ4n) is 1.37. The quantitative estimate of drug-likeness (QED) is 0.496. The first-order valence-corrected chi connectivity index (χ1v) is 8.85. The highest BCUT2D eigenvalue weighted by molar-refractivity contribution is 8.23. The van der Waals surface area contributed by atoms with Crippen LogP contribution in [0.15, 0.2) is 29.2 Å². The van der Waals surface area contributed by atoms with Gasteiger partial charge in [0.25, 0.3) is 0 Å². The second-order valence-electron chi connectivity index (χ2n) is 4.11. The molecular formula is C13H19NOS3. The molecule has 1 N–H and O–H groups in total. The van der Waals surface area contributed by atoms with Crippen molar-refractivity contribution >= 4 is 39.1 Å². The molecule has 1 atom stereocenters. The highest BCUT2D eigenvalue weighted by Crippen LogP contribution is 2.18. The van der Waals surface area contributed by atoms with E-state index in [1.165, 1.54) is 5.56 Å². The smallest absolute Gasteiger partial charge is 0.138 e. The van der Waals surface area contributed by atoms with E-state index in [4.69, 9.17) is 12.2 Å². The lowest BCUT2D eigenvalue weighted by molar-refractivity contribution is 0.680. The van der Waals surface area contributed by atoms with Gasteiger partial charge in [-0.25, -0.2) is 0 Å². The van der Waals surface area contributed by atoms with Crippen molar-refractivity contribution < 1.29 is 4.21 Å². The maximum Gasteiger partial charge on any atom is 0.138 e. The summed E-state index contributed by atoms with van der Waals surface area (Å²) < 4.78 is 11.7. The van der Waals surface area contributed by atoms with Gasteiger partial charge in [0.1, 0.15) is 4.32 Å². The number of hydrogen-bond acceptors (Lipinski definition) is 3. The molecule has 1 aromatic carbocycles. The molecule has 0 radical (unpaired) electrons. The maximum atomic E-state index is 10.9. The van der Waals surface area contributed by atoms with Gasteiger partial charge in [0, 0.05) is 34.2 Å². The zero-order valence-corrected chi connectivity index (χ0v) is 13.2. The van der Waals surface area contributed by atoms with Gasteiger partial charge in [-0.15, -0.1) is 0 Å². The maximum absolute atomic E-state index is 10.9. The lowest BCUT2D eigenvalue weighted by Gasteiger charge is -2.07. The summed E-state index contributed by atoms with van der Waals surface area (Å²) in [6.07, 6.45) is 3.73. The minimum atomic E-state index is -0.679. The molecule has 1 aromatic rings. The predicted octanol–water partition coefficient (Wildman–Crippen LogP) is 3.12. The second-order valence-corrected chi connectivity index (χ2v) is 7.42. The largest absolute Gasteiger partial charge is 0.371 e. The van der Waals surface area contributed by atoms with Gasteiger partial charge < -0.3 is 5.32 Å². The van der Waals surface area contributed by atoms with Gasteiger partial charge in [0.2, 0.25) is 0 Å². The Morgan fingerprint density at radius 1 is 1.33 bits per heavy atom. The van der Waals surface area contributed by atoms with Crippen LogP contribution in [0, 0.1) is 6.92 Å². The van der Waals surface area contributed by atoms with E-state index in [9.17, 15) is 4.21 Å². The van der Waals surface area contributed by atoms with Gasteiger partial charge >= 0.3 is 0 Å². The van der Waals surface area contributed by atoms with Crippen LogP contribution in [-0.4, -0.2) is 27.1 Å².